The molecule has 0 radical (unpaired) electrons. The molecule has 2 aliphatic rings. The molecule has 2 saturated heterocycles. The number of halogens is 1. The Kier molecular flexibility index (Phi) is 5.15. The van der Waals surface area contributed by atoms with Crippen molar-refractivity contribution in [2.75, 3.05) is 49.5 Å². The van der Waals surface area contributed by atoms with Gasteiger partial charge in [-0.3, -0.25) is 9.69 Å². The lowest BCUT2D eigenvalue weighted by atomic mass is 10.1. The van der Waals surface area contributed by atoms with Crippen LogP contribution in [0.2, 0.25) is 0 Å². The number of thiazole rings is 1. The molecule has 3 aromatic rings. The second-order valence-electron chi connectivity index (χ2n) is 8.04. The topological polar surface area (TPSA) is 74.8 Å². The van der Waals surface area contributed by atoms with E-state index in [0.717, 1.165) is 61.2 Å². The van der Waals surface area contributed by atoms with E-state index in [2.05, 4.69) is 32.2 Å². The number of aromatic nitrogens is 1. The normalized spacial score (nSPS) is 17.7. The zero-order valence-electron chi connectivity index (χ0n) is 17.2. The van der Waals surface area contributed by atoms with E-state index >= 15 is 0 Å². The smallest absolute Gasteiger partial charge is 0.219 e. The maximum atomic E-state index is 13.4. The fraction of sp³-hybridized carbons (Fsp3) is 0.364. The second kappa shape index (κ2) is 7.97. The van der Waals surface area contributed by atoms with Gasteiger partial charge in [0.15, 0.2) is 5.13 Å². The maximum Gasteiger partial charge on any atom is 0.219 e. The average molecular weight is 441 g/mol. The number of likely N-dealkylation sites (tertiary alicyclic amines) is 1. The number of nitrogens with one attached hydrogen (secondary N) is 1. The number of amides is 1. The van der Waals surface area contributed by atoms with Crippen molar-refractivity contribution in [1.82, 2.24) is 14.8 Å². The van der Waals surface area contributed by atoms with Crippen LogP contribution in [0.15, 0.2) is 36.4 Å². The van der Waals surface area contributed by atoms with Crippen molar-refractivity contribution in [1.29, 1.82) is 0 Å². The van der Waals surface area contributed by atoms with Gasteiger partial charge in [-0.15, -0.1) is 0 Å². The summed E-state index contributed by atoms with van der Waals surface area (Å²) in [6, 6.07) is 10.2. The Hall–Kier alpha value is -2.91. The molecule has 0 spiro atoms. The zero-order valence-corrected chi connectivity index (χ0v) is 18.0. The number of hydrogen-bond donors (Lipinski definition) is 1. The number of rotatable bonds is 4. The number of hydrogen-bond acceptors (Lipinski definition) is 7. The largest absolute Gasteiger partial charge is 0.871 e. The van der Waals surface area contributed by atoms with Gasteiger partial charge in [0.25, 0.3) is 0 Å². The molecule has 31 heavy (non-hydrogen) atoms. The second-order valence-corrected chi connectivity index (χ2v) is 9.07. The minimum atomic E-state index is -0.458. The van der Waals surface area contributed by atoms with Crippen molar-refractivity contribution in [2.45, 2.75) is 13.0 Å². The van der Waals surface area contributed by atoms with Crippen molar-refractivity contribution in [3.63, 3.8) is 0 Å². The van der Waals surface area contributed by atoms with E-state index in [4.69, 9.17) is 0 Å². The van der Waals surface area contributed by atoms with Gasteiger partial charge in [0.2, 0.25) is 5.91 Å². The molecule has 3 heterocycles. The van der Waals surface area contributed by atoms with Crippen LogP contribution in [0.25, 0.3) is 10.2 Å². The molecule has 0 aliphatic carbocycles. The van der Waals surface area contributed by atoms with E-state index < -0.39 is 5.82 Å². The van der Waals surface area contributed by atoms with Gasteiger partial charge in [-0.05, 0) is 30.3 Å². The van der Waals surface area contributed by atoms with Crippen molar-refractivity contribution >= 4 is 44.0 Å². The minimum Gasteiger partial charge on any atom is -0.871 e. The Bertz CT molecular complexity index is 1120. The molecule has 0 atom stereocenters. The quantitative estimate of drug-likeness (QED) is 0.672. The molecule has 1 N–H and O–H groups in total. The standard InChI is InChI=1S/C22H24FN5O2S/c1-14(29)28-12-17(13-28)27-8-6-26(7-9-27)16-3-5-21-19(11-16)25-22(31-21)24-18-10-15(23)2-4-20(18)30/h2-5,10-11,17,30H,6-9,12-13H2,1H3,(H,24,25)/p-1. The van der Waals surface area contributed by atoms with Crippen LogP contribution in [0.1, 0.15) is 6.92 Å². The number of piperazine rings is 1. The summed E-state index contributed by atoms with van der Waals surface area (Å²) in [5, 5.41) is 15.4. The minimum absolute atomic E-state index is 0.157. The van der Waals surface area contributed by atoms with Crippen LogP contribution in [-0.2, 0) is 4.79 Å². The Balaban J connectivity index is 1.24. The molecule has 2 aliphatic heterocycles. The van der Waals surface area contributed by atoms with Gasteiger partial charge in [-0.1, -0.05) is 23.2 Å². The van der Waals surface area contributed by atoms with Gasteiger partial charge < -0.3 is 20.2 Å². The molecule has 9 heteroatoms. The van der Waals surface area contributed by atoms with Gasteiger partial charge in [-0.25, -0.2) is 9.37 Å². The summed E-state index contributed by atoms with van der Waals surface area (Å²) in [4.78, 5) is 22.7. The monoisotopic (exact) mass is 440 g/mol. The molecular formula is C22H23FN5O2S-. The zero-order chi connectivity index (χ0) is 21.5. The summed E-state index contributed by atoms with van der Waals surface area (Å²) in [5.41, 5.74) is 2.17. The summed E-state index contributed by atoms with van der Waals surface area (Å²) in [6.07, 6.45) is 0. The van der Waals surface area contributed by atoms with Gasteiger partial charge in [0, 0.05) is 63.6 Å². The number of fused-ring (bicyclic) bond motifs is 1. The molecular weight excluding hydrogens is 417 g/mol. The van der Waals surface area contributed by atoms with Crippen molar-refractivity contribution < 1.29 is 14.3 Å². The predicted molar refractivity (Wildman–Crippen MR) is 119 cm³/mol. The average Bonchev–Trinajstić information content (AvgIpc) is 3.11. The molecule has 0 unspecified atom stereocenters. The maximum absolute atomic E-state index is 13.4. The summed E-state index contributed by atoms with van der Waals surface area (Å²) in [6.45, 7) is 7.12. The molecule has 1 aromatic heterocycles. The summed E-state index contributed by atoms with van der Waals surface area (Å²) >= 11 is 1.44. The Morgan fingerprint density at radius 3 is 2.68 bits per heavy atom. The van der Waals surface area contributed by atoms with Crippen LogP contribution in [-0.4, -0.2) is 66.0 Å². The number of benzene rings is 2. The van der Waals surface area contributed by atoms with Crippen LogP contribution < -0.4 is 15.3 Å². The number of carbonyl (C=O) groups is 1. The fourth-order valence-corrected chi connectivity index (χ4v) is 5.03. The van der Waals surface area contributed by atoms with Crippen LogP contribution in [0.5, 0.6) is 5.75 Å². The number of nitrogens with zero attached hydrogens (tertiary/aromatic N) is 4. The number of carbonyl (C=O) groups excluding carboxylic acids is 1. The highest BCUT2D eigenvalue weighted by atomic mass is 32.1. The predicted octanol–water partition coefficient (Wildman–Crippen LogP) is 2.61. The van der Waals surface area contributed by atoms with Crippen LogP contribution in [0, 0.1) is 5.82 Å². The van der Waals surface area contributed by atoms with Crippen molar-refractivity contribution in [3.8, 4) is 5.75 Å². The molecule has 2 aromatic carbocycles. The first kappa shape index (κ1) is 20.0. The summed E-state index contributed by atoms with van der Waals surface area (Å²) in [7, 11) is 0. The fourth-order valence-electron chi connectivity index (χ4n) is 4.17. The Morgan fingerprint density at radius 2 is 1.94 bits per heavy atom. The Labute approximate surface area is 183 Å². The number of anilines is 3. The third-order valence-corrected chi connectivity index (χ3v) is 7.01. The molecule has 0 saturated carbocycles. The third-order valence-electron chi connectivity index (χ3n) is 6.06. The molecule has 5 rings (SSSR count). The molecule has 7 nitrogen and oxygen atoms in total. The highest BCUT2D eigenvalue weighted by Crippen LogP contribution is 2.33. The lowest BCUT2D eigenvalue weighted by molar-refractivity contribution is -0.267. The van der Waals surface area contributed by atoms with Gasteiger partial charge in [0.05, 0.1) is 10.2 Å². The van der Waals surface area contributed by atoms with E-state index in [-0.39, 0.29) is 17.3 Å². The third kappa shape index (κ3) is 4.03. The first-order valence-electron chi connectivity index (χ1n) is 10.3. The van der Waals surface area contributed by atoms with Crippen LogP contribution >= 0.6 is 11.3 Å². The lowest BCUT2D eigenvalue weighted by Gasteiger charge is -2.48. The van der Waals surface area contributed by atoms with Crippen molar-refractivity contribution in [2.24, 2.45) is 0 Å². The highest BCUT2D eigenvalue weighted by molar-refractivity contribution is 7.22. The summed E-state index contributed by atoms with van der Waals surface area (Å²) < 4.78 is 14.5. The first-order valence-corrected chi connectivity index (χ1v) is 11.2. The van der Waals surface area contributed by atoms with Gasteiger partial charge in [0.1, 0.15) is 5.82 Å². The van der Waals surface area contributed by atoms with Crippen molar-refractivity contribution in [3.05, 3.63) is 42.2 Å². The highest BCUT2D eigenvalue weighted by Gasteiger charge is 2.34. The molecule has 1 amide bonds. The summed E-state index contributed by atoms with van der Waals surface area (Å²) in [5.74, 6) is -0.568. The van der Waals surface area contributed by atoms with E-state index in [1.165, 1.54) is 23.5 Å². The van der Waals surface area contributed by atoms with E-state index in [1.54, 1.807) is 6.92 Å². The molecule has 2 fully saturated rings. The van der Waals surface area contributed by atoms with Crippen LogP contribution in [0.4, 0.5) is 20.9 Å². The molecule has 162 valence electrons. The lowest BCUT2D eigenvalue weighted by Crippen LogP contribution is -2.63. The van der Waals surface area contributed by atoms with E-state index in [1.807, 2.05) is 11.0 Å². The van der Waals surface area contributed by atoms with E-state index in [9.17, 15) is 14.3 Å². The Morgan fingerprint density at radius 1 is 1.16 bits per heavy atom. The molecule has 0 bridgehead atoms. The van der Waals surface area contributed by atoms with Gasteiger partial charge in [-0.2, -0.15) is 0 Å². The van der Waals surface area contributed by atoms with Crippen LogP contribution in [0.3, 0.4) is 0 Å². The SMILES string of the molecule is CC(=O)N1CC(N2CCN(c3ccc4sc(Nc5cc(F)ccc5[O-])nc4c3)CC2)C1. The first-order chi connectivity index (χ1) is 15.0. The van der Waals surface area contributed by atoms with Gasteiger partial charge >= 0.3 is 0 Å². The van der Waals surface area contributed by atoms with E-state index in [0.29, 0.717) is 11.2 Å².